The number of rotatable bonds is 13. The van der Waals surface area contributed by atoms with Crippen LogP contribution in [0.4, 0.5) is 0 Å². The minimum atomic E-state index is -1.06. The van der Waals surface area contributed by atoms with Gasteiger partial charge in [-0.1, -0.05) is 121 Å². The van der Waals surface area contributed by atoms with E-state index in [0.717, 1.165) is 28.7 Å². The van der Waals surface area contributed by atoms with Crippen molar-refractivity contribution in [3.05, 3.63) is 156 Å². The first kappa shape index (κ1) is 30.3. The molecule has 2 aliphatic rings. The SMILES string of the molecule is C1=CO[C@@]2(CC1)O[C@H](COCc1ccccc1)[C@@H](OCc1ccccc1)[C@H](OCc1ccccc1)[C@H]2OCc1ccccc1. The summed E-state index contributed by atoms with van der Waals surface area (Å²) in [7, 11) is 0. The molecule has 4 aromatic rings. The molecule has 0 aromatic heterocycles. The van der Waals surface area contributed by atoms with Crippen LogP contribution in [0.5, 0.6) is 0 Å². The molecule has 0 N–H and O–H groups in total. The van der Waals surface area contributed by atoms with Gasteiger partial charge in [0.05, 0.1) is 39.3 Å². The van der Waals surface area contributed by atoms with Gasteiger partial charge < -0.3 is 28.4 Å². The molecule has 44 heavy (non-hydrogen) atoms. The maximum atomic E-state index is 6.91. The minimum absolute atomic E-state index is 0.305. The molecule has 0 unspecified atom stereocenters. The van der Waals surface area contributed by atoms with Gasteiger partial charge in [0.2, 0.25) is 5.79 Å². The predicted octanol–water partition coefficient (Wildman–Crippen LogP) is 7.38. The maximum absolute atomic E-state index is 6.91. The number of ether oxygens (including phenoxy) is 6. The van der Waals surface area contributed by atoms with Crippen molar-refractivity contribution in [1.29, 1.82) is 0 Å². The highest BCUT2D eigenvalue weighted by Gasteiger charge is 2.58. The van der Waals surface area contributed by atoms with Crippen LogP contribution in [0.15, 0.2) is 134 Å². The van der Waals surface area contributed by atoms with Crippen molar-refractivity contribution in [1.82, 2.24) is 0 Å². The van der Waals surface area contributed by atoms with Crippen molar-refractivity contribution in [2.75, 3.05) is 6.61 Å². The third-order valence-corrected chi connectivity index (χ3v) is 8.03. The summed E-state index contributed by atoms with van der Waals surface area (Å²) >= 11 is 0. The van der Waals surface area contributed by atoms with E-state index in [-0.39, 0.29) is 0 Å². The van der Waals surface area contributed by atoms with E-state index >= 15 is 0 Å². The molecule has 228 valence electrons. The Morgan fingerprint density at radius 2 is 1.05 bits per heavy atom. The number of allylic oxidation sites excluding steroid dienone is 1. The van der Waals surface area contributed by atoms with E-state index in [0.29, 0.717) is 39.5 Å². The summed E-state index contributed by atoms with van der Waals surface area (Å²) in [6, 6.07) is 40.6. The zero-order valence-corrected chi connectivity index (χ0v) is 24.9. The molecule has 1 fully saturated rings. The zero-order chi connectivity index (χ0) is 29.9. The summed E-state index contributed by atoms with van der Waals surface area (Å²) < 4.78 is 39.8. The first-order valence-electron chi connectivity index (χ1n) is 15.4. The second-order valence-electron chi connectivity index (χ2n) is 11.2. The zero-order valence-electron chi connectivity index (χ0n) is 24.9. The van der Waals surface area contributed by atoms with Crippen LogP contribution < -0.4 is 0 Å². The fraction of sp³-hybridized carbons (Fsp3) is 0.316. The molecule has 6 rings (SSSR count). The average molecular weight is 593 g/mol. The van der Waals surface area contributed by atoms with Gasteiger partial charge in [-0.3, -0.25) is 0 Å². The molecule has 1 spiro atoms. The average Bonchev–Trinajstić information content (AvgIpc) is 3.09. The summed E-state index contributed by atoms with van der Waals surface area (Å²) in [5, 5.41) is 0. The Labute approximate surface area is 260 Å². The quantitative estimate of drug-likeness (QED) is 0.162. The predicted molar refractivity (Wildman–Crippen MR) is 168 cm³/mol. The van der Waals surface area contributed by atoms with Crippen molar-refractivity contribution in [3.63, 3.8) is 0 Å². The highest BCUT2D eigenvalue weighted by molar-refractivity contribution is 5.17. The Bertz CT molecular complexity index is 1420. The standard InChI is InChI=1S/C38H40O6/c1-5-15-30(16-6-1)25-39-29-34-35(40-26-31-17-7-2-8-18-31)36(41-27-32-19-9-3-10-20-32)37(38(44-34)23-13-14-24-43-38)42-28-33-21-11-4-12-22-33/h1-12,14-22,24,34-37H,13,23,25-29H2/t34-,35-,36+,37-,38+/m1/s1. The third-order valence-electron chi connectivity index (χ3n) is 8.03. The van der Waals surface area contributed by atoms with Crippen molar-refractivity contribution >= 4 is 0 Å². The number of benzene rings is 4. The summed E-state index contributed by atoms with van der Waals surface area (Å²) in [4.78, 5) is 0. The van der Waals surface area contributed by atoms with Gasteiger partial charge in [-0.25, -0.2) is 0 Å². The van der Waals surface area contributed by atoms with Crippen molar-refractivity contribution in [2.24, 2.45) is 0 Å². The normalized spacial score (nSPS) is 24.6. The van der Waals surface area contributed by atoms with E-state index in [1.807, 2.05) is 78.9 Å². The van der Waals surface area contributed by atoms with E-state index in [1.54, 1.807) is 6.26 Å². The van der Waals surface area contributed by atoms with Crippen LogP contribution in [0.3, 0.4) is 0 Å². The Morgan fingerprint density at radius 3 is 1.55 bits per heavy atom. The summed E-state index contributed by atoms with van der Waals surface area (Å²) in [5.41, 5.74) is 4.29. The lowest BCUT2D eigenvalue weighted by atomic mass is 9.88. The van der Waals surface area contributed by atoms with E-state index in [1.165, 1.54) is 0 Å². The van der Waals surface area contributed by atoms with Crippen molar-refractivity contribution in [3.8, 4) is 0 Å². The second-order valence-corrected chi connectivity index (χ2v) is 11.2. The van der Waals surface area contributed by atoms with Gasteiger partial charge in [-0.2, -0.15) is 0 Å². The number of hydrogen-bond donors (Lipinski definition) is 0. The van der Waals surface area contributed by atoms with Gasteiger partial charge in [0.15, 0.2) is 6.10 Å². The summed E-state index contributed by atoms with van der Waals surface area (Å²) in [6.07, 6.45) is 3.13. The molecule has 0 saturated carbocycles. The molecule has 2 aliphatic heterocycles. The second kappa shape index (κ2) is 15.3. The molecule has 1 saturated heterocycles. The molecule has 0 radical (unpaired) electrons. The van der Waals surface area contributed by atoms with Crippen LogP contribution >= 0.6 is 0 Å². The molecular weight excluding hydrogens is 552 g/mol. The molecule has 6 nitrogen and oxygen atoms in total. The molecule has 0 aliphatic carbocycles. The van der Waals surface area contributed by atoms with Crippen LogP contribution in [0, 0.1) is 0 Å². The lowest BCUT2D eigenvalue weighted by Gasteiger charge is -2.52. The van der Waals surface area contributed by atoms with Crippen LogP contribution in [0.1, 0.15) is 35.1 Å². The van der Waals surface area contributed by atoms with Crippen LogP contribution in [-0.2, 0) is 54.8 Å². The smallest absolute Gasteiger partial charge is 0.239 e. The van der Waals surface area contributed by atoms with Gasteiger partial charge in [0.25, 0.3) is 0 Å². The highest BCUT2D eigenvalue weighted by atomic mass is 16.7. The lowest BCUT2D eigenvalue weighted by molar-refractivity contribution is -0.374. The van der Waals surface area contributed by atoms with Gasteiger partial charge in [-0.15, -0.1) is 0 Å². The molecule has 5 atom stereocenters. The monoisotopic (exact) mass is 592 g/mol. The number of hydrogen-bond acceptors (Lipinski definition) is 6. The van der Waals surface area contributed by atoms with Crippen LogP contribution in [-0.4, -0.2) is 36.8 Å². The largest absolute Gasteiger partial charge is 0.467 e. The van der Waals surface area contributed by atoms with Crippen molar-refractivity contribution in [2.45, 2.75) is 69.5 Å². The minimum Gasteiger partial charge on any atom is -0.467 e. The molecule has 6 heteroatoms. The Morgan fingerprint density at radius 1 is 0.568 bits per heavy atom. The van der Waals surface area contributed by atoms with E-state index in [2.05, 4.69) is 48.5 Å². The Balaban J connectivity index is 1.31. The molecular formula is C38H40O6. The van der Waals surface area contributed by atoms with Gasteiger partial charge in [-0.05, 0) is 34.8 Å². The molecule has 4 aromatic carbocycles. The van der Waals surface area contributed by atoms with Gasteiger partial charge in [0.1, 0.15) is 18.3 Å². The lowest BCUT2D eigenvalue weighted by Crippen LogP contribution is -2.68. The van der Waals surface area contributed by atoms with Gasteiger partial charge in [0, 0.05) is 6.42 Å². The van der Waals surface area contributed by atoms with E-state index < -0.39 is 30.2 Å². The maximum Gasteiger partial charge on any atom is 0.239 e. The Kier molecular flexibility index (Phi) is 10.5. The summed E-state index contributed by atoms with van der Waals surface area (Å²) in [5.74, 6) is -1.06. The first-order chi connectivity index (χ1) is 21.8. The van der Waals surface area contributed by atoms with Crippen molar-refractivity contribution < 1.29 is 28.4 Å². The molecule has 2 heterocycles. The fourth-order valence-electron chi connectivity index (χ4n) is 5.79. The van der Waals surface area contributed by atoms with Gasteiger partial charge >= 0.3 is 0 Å². The van der Waals surface area contributed by atoms with Crippen LogP contribution in [0.25, 0.3) is 0 Å². The molecule has 0 bridgehead atoms. The Hall–Kier alpha value is -3.78. The van der Waals surface area contributed by atoms with E-state index in [4.69, 9.17) is 28.4 Å². The first-order valence-corrected chi connectivity index (χ1v) is 15.4. The molecule has 0 amide bonds. The summed E-state index contributed by atoms with van der Waals surface area (Å²) in [6.45, 7) is 1.94. The highest BCUT2D eigenvalue weighted by Crippen LogP contribution is 2.42. The third kappa shape index (κ3) is 7.83. The topological polar surface area (TPSA) is 55.4 Å². The van der Waals surface area contributed by atoms with Crippen LogP contribution in [0.2, 0.25) is 0 Å². The van der Waals surface area contributed by atoms with E-state index in [9.17, 15) is 0 Å². The fourth-order valence-corrected chi connectivity index (χ4v) is 5.79.